The molecular formula is C23H21ClFN5O. The minimum Gasteiger partial charge on any atom is -0.326 e. The summed E-state index contributed by atoms with van der Waals surface area (Å²) in [6.07, 6.45) is 3.50. The molecule has 0 saturated heterocycles. The quantitative estimate of drug-likeness (QED) is 0.550. The number of nitrogens with one attached hydrogen (secondary N) is 2. The Kier molecular flexibility index (Phi) is 7.65. The number of amides is 1. The van der Waals surface area contributed by atoms with Crippen molar-refractivity contribution in [2.45, 2.75) is 25.8 Å². The second-order valence-corrected chi connectivity index (χ2v) is 7.42. The van der Waals surface area contributed by atoms with E-state index in [0.29, 0.717) is 29.4 Å². The van der Waals surface area contributed by atoms with Crippen LogP contribution in [0.25, 0.3) is 0 Å². The number of anilines is 1. The fourth-order valence-electron chi connectivity index (χ4n) is 2.99. The van der Waals surface area contributed by atoms with Crippen molar-refractivity contribution in [1.29, 1.82) is 5.26 Å². The Morgan fingerprint density at radius 2 is 1.97 bits per heavy atom. The first-order chi connectivity index (χ1) is 14.9. The van der Waals surface area contributed by atoms with E-state index in [-0.39, 0.29) is 29.9 Å². The van der Waals surface area contributed by atoms with Crippen LogP contribution in [0.3, 0.4) is 0 Å². The van der Waals surface area contributed by atoms with Gasteiger partial charge in [-0.3, -0.25) is 9.78 Å². The molecule has 31 heavy (non-hydrogen) atoms. The first-order valence-electron chi connectivity index (χ1n) is 9.72. The van der Waals surface area contributed by atoms with Gasteiger partial charge < -0.3 is 10.6 Å². The van der Waals surface area contributed by atoms with Gasteiger partial charge in [0, 0.05) is 16.8 Å². The molecule has 0 aliphatic heterocycles. The molecule has 1 heterocycles. The summed E-state index contributed by atoms with van der Waals surface area (Å²) in [7, 11) is 0. The number of nitrogens with zero attached hydrogens (tertiary/aromatic N) is 3. The lowest BCUT2D eigenvalue weighted by Gasteiger charge is -2.15. The highest BCUT2D eigenvalue weighted by atomic mass is 35.5. The van der Waals surface area contributed by atoms with Crippen LogP contribution in [0, 0.1) is 17.1 Å². The summed E-state index contributed by atoms with van der Waals surface area (Å²) in [4.78, 5) is 20.2. The van der Waals surface area contributed by atoms with E-state index < -0.39 is 0 Å². The summed E-state index contributed by atoms with van der Waals surface area (Å²) in [6, 6.07) is 13.8. The van der Waals surface area contributed by atoms with Gasteiger partial charge in [-0.25, -0.2) is 9.37 Å². The number of carbonyl (C=O) groups is 1. The van der Waals surface area contributed by atoms with Crippen molar-refractivity contribution in [2.75, 3.05) is 11.9 Å². The fraction of sp³-hybridized carbons (Fsp3) is 0.217. The molecule has 0 aliphatic rings. The van der Waals surface area contributed by atoms with Crippen LogP contribution >= 0.6 is 11.6 Å². The Hall–Kier alpha value is -3.34. The summed E-state index contributed by atoms with van der Waals surface area (Å²) in [5.74, 6) is -0.502. The molecule has 1 atom stereocenters. The number of rotatable bonds is 8. The molecule has 1 aromatic heterocycles. The van der Waals surface area contributed by atoms with E-state index in [2.05, 4.69) is 20.6 Å². The molecule has 158 valence electrons. The molecule has 8 heteroatoms. The molecule has 1 amide bonds. The molecule has 2 aromatic carbocycles. The maximum absolute atomic E-state index is 13.0. The van der Waals surface area contributed by atoms with Crippen LogP contribution in [0.15, 0.2) is 54.9 Å². The first kappa shape index (κ1) is 22.3. The van der Waals surface area contributed by atoms with Gasteiger partial charge in [0.05, 0.1) is 24.5 Å². The van der Waals surface area contributed by atoms with E-state index in [1.807, 2.05) is 19.1 Å². The van der Waals surface area contributed by atoms with Gasteiger partial charge in [-0.15, -0.1) is 0 Å². The summed E-state index contributed by atoms with van der Waals surface area (Å²) in [5.41, 5.74) is 3.23. The van der Waals surface area contributed by atoms with Gasteiger partial charge >= 0.3 is 0 Å². The third-order valence-corrected chi connectivity index (χ3v) is 5.07. The summed E-state index contributed by atoms with van der Waals surface area (Å²) in [6.45, 7) is 2.72. The normalized spacial score (nSPS) is 11.5. The van der Waals surface area contributed by atoms with Gasteiger partial charge in [0.1, 0.15) is 11.9 Å². The third kappa shape index (κ3) is 6.57. The van der Waals surface area contributed by atoms with Gasteiger partial charge in [0.15, 0.2) is 5.69 Å². The van der Waals surface area contributed by atoms with E-state index >= 15 is 0 Å². The van der Waals surface area contributed by atoms with Crippen molar-refractivity contribution < 1.29 is 9.18 Å². The van der Waals surface area contributed by atoms with Crippen molar-refractivity contribution in [3.63, 3.8) is 0 Å². The monoisotopic (exact) mass is 437 g/mol. The predicted molar refractivity (Wildman–Crippen MR) is 117 cm³/mol. The van der Waals surface area contributed by atoms with Gasteiger partial charge in [-0.1, -0.05) is 29.8 Å². The highest BCUT2D eigenvalue weighted by Crippen LogP contribution is 2.22. The summed E-state index contributed by atoms with van der Waals surface area (Å²) >= 11 is 6.38. The molecule has 3 aromatic rings. The number of hydrogen-bond acceptors (Lipinski definition) is 5. The molecule has 6 nitrogen and oxygen atoms in total. The molecule has 0 fully saturated rings. The van der Waals surface area contributed by atoms with E-state index in [1.54, 1.807) is 24.3 Å². The molecule has 0 saturated carbocycles. The maximum Gasteiger partial charge on any atom is 0.230 e. The zero-order valence-electron chi connectivity index (χ0n) is 16.9. The first-order valence-corrected chi connectivity index (χ1v) is 10.1. The van der Waals surface area contributed by atoms with Crippen molar-refractivity contribution in [1.82, 2.24) is 15.3 Å². The number of benzene rings is 2. The van der Waals surface area contributed by atoms with Crippen LogP contribution in [-0.2, 0) is 17.6 Å². The van der Waals surface area contributed by atoms with Crippen molar-refractivity contribution in [3.05, 3.63) is 88.2 Å². The molecule has 0 aliphatic carbocycles. The highest BCUT2D eigenvalue weighted by molar-refractivity contribution is 6.31. The topological polar surface area (TPSA) is 90.7 Å². The van der Waals surface area contributed by atoms with E-state index in [1.165, 1.54) is 24.5 Å². The van der Waals surface area contributed by atoms with Crippen molar-refractivity contribution in [2.24, 2.45) is 0 Å². The average Bonchev–Trinajstić information content (AvgIpc) is 2.76. The second-order valence-electron chi connectivity index (χ2n) is 7.01. The van der Waals surface area contributed by atoms with Crippen LogP contribution in [0.4, 0.5) is 10.1 Å². The largest absolute Gasteiger partial charge is 0.326 e. The average molecular weight is 438 g/mol. The number of aromatic nitrogens is 2. The smallest absolute Gasteiger partial charge is 0.230 e. The van der Waals surface area contributed by atoms with Crippen molar-refractivity contribution in [3.8, 4) is 6.07 Å². The minimum absolute atomic E-state index is 0.0449. The van der Waals surface area contributed by atoms with Gasteiger partial charge in [0.2, 0.25) is 5.91 Å². The third-order valence-electron chi connectivity index (χ3n) is 4.71. The minimum atomic E-state index is -0.252. The SMILES string of the molecule is C[C@H](NCCc1ccc(NC(=O)Cc2cnc(C#N)cn2)cc1Cl)c1ccc(F)cc1. The molecule has 2 N–H and O–H groups in total. The van der Waals surface area contributed by atoms with Crippen LogP contribution in [0.1, 0.15) is 35.5 Å². The van der Waals surface area contributed by atoms with Crippen LogP contribution in [-0.4, -0.2) is 22.4 Å². The fourth-order valence-corrected chi connectivity index (χ4v) is 3.27. The van der Waals surface area contributed by atoms with E-state index in [4.69, 9.17) is 16.9 Å². The molecular weight excluding hydrogens is 417 g/mol. The van der Waals surface area contributed by atoms with Crippen LogP contribution in [0.2, 0.25) is 5.02 Å². The Morgan fingerprint density at radius 1 is 1.19 bits per heavy atom. The number of nitriles is 1. The number of hydrogen-bond donors (Lipinski definition) is 2. The van der Waals surface area contributed by atoms with Gasteiger partial charge in [-0.2, -0.15) is 5.26 Å². The zero-order chi connectivity index (χ0) is 22.2. The van der Waals surface area contributed by atoms with Crippen LogP contribution in [0.5, 0.6) is 0 Å². The lowest BCUT2D eigenvalue weighted by molar-refractivity contribution is -0.115. The summed E-state index contributed by atoms with van der Waals surface area (Å²) in [5, 5.41) is 15.5. The number of halogens is 2. The Morgan fingerprint density at radius 3 is 2.61 bits per heavy atom. The highest BCUT2D eigenvalue weighted by Gasteiger charge is 2.09. The molecule has 0 spiro atoms. The molecule has 0 radical (unpaired) electrons. The lowest BCUT2D eigenvalue weighted by atomic mass is 10.1. The molecule has 0 unspecified atom stereocenters. The summed E-state index contributed by atoms with van der Waals surface area (Å²) < 4.78 is 13.0. The van der Waals surface area contributed by atoms with Gasteiger partial charge in [-0.05, 0) is 55.3 Å². The Bertz CT molecular complexity index is 1080. The standard InChI is InChI=1S/C23H21ClFN5O/c1-15(16-2-5-18(25)6-3-16)27-9-8-17-4-7-19(10-22(17)24)30-23(31)11-20-13-29-21(12-26)14-28-20/h2-7,10,13-15,27H,8-9,11H2,1H3,(H,30,31)/t15-/m0/s1. The maximum atomic E-state index is 13.0. The van der Waals surface area contributed by atoms with E-state index in [9.17, 15) is 9.18 Å². The lowest BCUT2D eigenvalue weighted by Crippen LogP contribution is -2.21. The Balaban J connectivity index is 1.50. The zero-order valence-corrected chi connectivity index (χ0v) is 17.7. The Labute approximate surface area is 185 Å². The molecule has 0 bridgehead atoms. The van der Waals surface area contributed by atoms with Crippen LogP contribution < -0.4 is 10.6 Å². The van der Waals surface area contributed by atoms with Gasteiger partial charge in [0.25, 0.3) is 0 Å². The molecule has 3 rings (SSSR count). The van der Waals surface area contributed by atoms with Crippen molar-refractivity contribution >= 4 is 23.2 Å². The van der Waals surface area contributed by atoms with E-state index in [0.717, 1.165) is 11.1 Å². The second kappa shape index (κ2) is 10.6. The predicted octanol–water partition coefficient (Wildman–Crippen LogP) is 4.22. The number of carbonyl (C=O) groups excluding carboxylic acids is 1.